The van der Waals surface area contributed by atoms with Crippen molar-refractivity contribution >= 4 is 11.6 Å². The molecule has 3 rings (SSSR count). The molecule has 134 valence electrons. The van der Waals surface area contributed by atoms with Gasteiger partial charge in [-0.3, -0.25) is 4.79 Å². The van der Waals surface area contributed by atoms with Gasteiger partial charge >= 0.3 is 0 Å². The topological polar surface area (TPSA) is 81.9 Å². The fourth-order valence-corrected chi connectivity index (χ4v) is 2.54. The summed E-state index contributed by atoms with van der Waals surface area (Å²) in [5.41, 5.74) is 2.66. The van der Waals surface area contributed by atoms with Crippen LogP contribution in [0.15, 0.2) is 48.5 Å². The summed E-state index contributed by atoms with van der Waals surface area (Å²) in [6, 6.07) is 15.3. The van der Waals surface area contributed by atoms with E-state index >= 15 is 0 Å². The van der Waals surface area contributed by atoms with Crippen molar-refractivity contribution in [1.29, 1.82) is 0 Å². The second-order valence-electron chi connectivity index (χ2n) is 6.00. The first kappa shape index (κ1) is 17.6. The maximum Gasteiger partial charge on any atom is 0.224 e. The molecule has 0 bridgehead atoms. The molecule has 0 saturated heterocycles. The van der Waals surface area contributed by atoms with E-state index in [1.54, 1.807) is 4.68 Å². The largest absolute Gasteiger partial charge is 0.494 e. The number of hydrogen-bond donors (Lipinski definition) is 1. The van der Waals surface area contributed by atoms with E-state index in [9.17, 15) is 4.79 Å². The normalized spacial score (nSPS) is 10.5. The van der Waals surface area contributed by atoms with E-state index in [1.165, 1.54) is 0 Å². The monoisotopic (exact) mass is 351 g/mol. The first-order chi connectivity index (χ1) is 12.6. The first-order valence-electron chi connectivity index (χ1n) is 8.46. The number of tetrazole rings is 1. The lowest BCUT2D eigenvalue weighted by atomic mass is 10.2. The number of rotatable bonds is 7. The second-order valence-corrected chi connectivity index (χ2v) is 6.00. The van der Waals surface area contributed by atoms with E-state index in [2.05, 4.69) is 20.8 Å². The van der Waals surface area contributed by atoms with E-state index in [1.807, 2.05) is 62.4 Å². The molecule has 0 saturated carbocycles. The molecule has 0 spiro atoms. The van der Waals surface area contributed by atoms with Crippen molar-refractivity contribution in [3.8, 4) is 11.4 Å². The molecule has 1 aromatic heterocycles. The number of hydrogen-bond acceptors (Lipinski definition) is 5. The Morgan fingerprint density at radius 3 is 2.77 bits per heavy atom. The zero-order valence-corrected chi connectivity index (χ0v) is 14.8. The van der Waals surface area contributed by atoms with Gasteiger partial charge in [0, 0.05) is 12.1 Å². The fourth-order valence-electron chi connectivity index (χ4n) is 2.54. The molecule has 1 N–H and O–H groups in total. The van der Waals surface area contributed by atoms with E-state index in [0.29, 0.717) is 31.0 Å². The van der Waals surface area contributed by atoms with Gasteiger partial charge in [-0.05, 0) is 66.6 Å². The molecule has 0 aliphatic carbocycles. The SMILES string of the molecule is Cc1cccc(OCCCC(=O)Nc2cccc(-n3nnnc3C)c2)c1. The molecule has 7 heteroatoms. The number of amides is 1. The van der Waals surface area contributed by atoms with Crippen molar-refractivity contribution in [2.75, 3.05) is 11.9 Å². The van der Waals surface area contributed by atoms with E-state index in [0.717, 1.165) is 17.0 Å². The maximum absolute atomic E-state index is 12.1. The molecular weight excluding hydrogens is 330 g/mol. The summed E-state index contributed by atoms with van der Waals surface area (Å²) in [7, 11) is 0. The number of benzene rings is 2. The van der Waals surface area contributed by atoms with Gasteiger partial charge in [-0.25, -0.2) is 0 Å². The van der Waals surface area contributed by atoms with Crippen molar-refractivity contribution in [1.82, 2.24) is 20.2 Å². The number of carbonyl (C=O) groups excluding carboxylic acids is 1. The summed E-state index contributed by atoms with van der Waals surface area (Å²) in [4.78, 5) is 12.1. The Labute approximate surface area is 152 Å². The number of aryl methyl sites for hydroxylation is 2. The highest BCUT2D eigenvalue weighted by atomic mass is 16.5. The van der Waals surface area contributed by atoms with E-state index in [4.69, 9.17) is 4.74 Å². The average molecular weight is 351 g/mol. The van der Waals surface area contributed by atoms with Crippen LogP contribution in [0.4, 0.5) is 5.69 Å². The van der Waals surface area contributed by atoms with Crippen molar-refractivity contribution in [3.05, 3.63) is 59.9 Å². The Hall–Kier alpha value is -3.22. The minimum atomic E-state index is -0.0524. The summed E-state index contributed by atoms with van der Waals surface area (Å²) in [5.74, 6) is 1.46. The highest BCUT2D eigenvalue weighted by Crippen LogP contribution is 2.16. The van der Waals surface area contributed by atoms with Crippen molar-refractivity contribution in [2.45, 2.75) is 26.7 Å². The van der Waals surface area contributed by atoms with Crippen LogP contribution in [-0.4, -0.2) is 32.7 Å². The Balaban J connectivity index is 1.48. The lowest BCUT2D eigenvalue weighted by molar-refractivity contribution is -0.116. The minimum absolute atomic E-state index is 0.0524. The molecule has 0 radical (unpaired) electrons. The predicted molar refractivity (Wildman–Crippen MR) is 98.4 cm³/mol. The molecular formula is C19H21N5O2. The van der Waals surface area contributed by atoms with Crippen LogP contribution >= 0.6 is 0 Å². The Morgan fingerprint density at radius 1 is 1.15 bits per heavy atom. The third kappa shape index (κ3) is 4.66. The lowest BCUT2D eigenvalue weighted by Gasteiger charge is -2.09. The van der Waals surface area contributed by atoms with Crippen molar-refractivity contribution < 1.29 is 9.53 Å². The molecule has 1 heterocycles. The third-order valence-corrected chi connectivity index (χ3v) is 3.81. The van der Waals surface area contributed by atoms with Crippen LogP contribution in [0.3, 0.4) is 0 Å². The molecule has 2 aromatic carbocycles. The molecule has 0 unspecified atom stereocenters. The number of ether oxygens (including phenoxy) is 1. The smallest absolute Gasteiger partial charge is 0.224 e. The van der Waals surface area contributed by atoms with Crippen LogP contribution in [0.5, 0.6) is 5.75 Å². The minimum Gasteiger partial charge on any atom is -0.494 e. The zero-order chi connectivity index (χ0) is 18.4. The van der Waals surface area contributed by atoms with Gasteiger partial charge in [-0.1, -0.05) is 18.2 Å². The van der Waals surface area contributed by atoms with Gasteiger partial charge in [-0.2, -0.15) is 4.68 Å². The van der Waals surface area contributed by atoms with Gasteiger partial charge < -0.3 is 10.1 Å². The average Bonchev–Trinajstić information content (AvgIpc) is 3.05. The number of nitrogens with one attached hydrogen (secondary N) is 1. The summed E-state index contributed by atoms with van der Waals surface area (Å²) in [5, 5.41) is 14.3. The van der Waals surface area contributed by atoms with Gasteiger partial charge in [0.15, 0.2) is 5.82 Å². The van der Waals surface area contributed by atoms with Crippen LogP contribution in [0.25, 0.3) is 5.69 Å². The fraction of sp³-hybridized carbons (Fsp3) is 0.263. The molecule has 26 heavy (non-hydrogen) atoms. The molecule has 0 atom stereocenters. The molecule has 1 amide bonds. The Kier molecular flexibility index (Phi) is 5.58. The molecule has 0 aliphatic heterocycles. The molecule has 0 fully saturated rings. The standard InChI is InChI=1S/C19H21N5O2/c1-14-6-3-9-18(12-14)26-11-5-10-19(25)20-16-7-4-8-17(13-16)24-15(2)21-22-23-24/h3-4,6-9,12-13H,5,10-11H2,1-2H3,(H,20,25). The first-order valence-corrected chi connectivity index (χ1v) is 8.46. The van der Waals surface area contributed by atoms with Crippen molar-refractivity contribution in [3.63, 3.8) is 0 Å². The van der Waals surface area contributed by atoms with Gasteiger partial charge in [0.05, 0.1) is 12.3 Å². The van der Waals surface area contributed by atoms with Crippen LogP contribution in [0.2, 0.25) is 0 Å². The van der Waals surface area contributed by atoms with Gasteiger partial charge in [0.2, 0.25) is 5.91 Å². The van der Waals surface area contributed by atoms with Crippen molar-refractivity contribution in [2.24, 2.45) is 0 Å². The van der Waals surface area contributed by atoms with Gasteiger partial charge in [0.25, 0.3) is 0 Å². The zero-order valence-electron chi connectivity index (χ0n) is 14.8. The van der Waals surface area contributed by atoms with Gasteiger partial charge in [0.1, 0.15) is 5.75 Å². The second kappa shape index (κ2) is 8.24. The highest BCUT2D eigenvalue weighted by Gasteiger charge is 2.07. The predicted octanol–water partition coefficient (Wildman–Crippen LogP) is 3.08. The quantitative estimate of drug-likeness (QED) is 0.662. The van der Waals surface area contributed by atoms with Crippen LogP contribution < -0.4 is 10.1 Å². The summed E-state index contributed by atoms with van der Waals surface area (Å²) >= 11 is 0. The molecule has 3 aromatic rings. The molecule has 0 aliphatic rings. The van der Waals surface area contributed by atoms with E-state index in [-0.39, 0.29) is 5.91 Å². The maximum atomic E-state index is 12.1. The lowest BCUT2D eigenvalue weighted by Crippen LogP contribution is -2.13. The van der Waals surface area contributed by atoms with Gasteiger partial charge in [-0.15, -0.1) is 5.10 Å². The summed E-state index contributed by atoms with van der Waals surface area (Å²) in [6.07, 6.45) is 1.03. The Bertz CT molecular complexity index is 891. The number of nitrogens with zero attached hydrogens (tertiary/aromatic N) is 4. The van der Waals surface area contributed by atoms with Crippen LogP contribution in [0, 0.1) is 13.8 Å². The number of aromatic nitrogens is 4. The summed E-state index contributed by atoms with van der Waals surface area (Å²) < 4.78 is 7.28. The van der Waals surface area contributed by atoms with Crippen LogP contribution in [0.1, 0.15) is 24.2 Å². The van der Waals surface area contributed by atoms with Crippen LogP contribution in [-0.2, 0) is 4.79 Å². The highest BCUT2D eigenvalue weighted by molar-refractivity contribution is 5.90. The summed E-state index contributed by atoms with van der Waals surface area (Å²) in [6.45, 7) is 4.34. The third-order valence-electron chi connectivity index (χ3n) is 3.81. The molecule has 7 nitrogen and oxygen atoms in total. The number of carbonyl (C=O) groups is 1. The Morgan fingerprint density at radius 2 is 2.00 bits per heavy atom. The van der Waals surface area contributed by atoms with E-state index < -0.39 is 0 Å². The number of anilines is 1.